The molecule has 27 heavy (non-hydrogen) atoms. The van der Waals surface area contributed by atoms with Gasteiger partial charge in [0.05, 0.1) is 23.1 Å². The van der Waals surface area contributed by atoms with E-state index >= 15 is 0 Å². The average Bonchev–Trinajstić information content (AvgIpc) is 2.61. The van der Waals surface area contributed by atoms with Gasteiger partial charge in [0.25, 0.3) is 0 Å². The van der Waals surface area contributed by atoms with Gasteiger partial charge in [-0.15, -0.1) is 0 Å². The molecule has 0 aliphatic carbocycles. The van der Waals surface area contributed by atoms with Gasteiger partial charge in [-0.3, -0.25) is 4.98 Å². The fraction of sp³-hybridized carbons (Fsp3) is 0.526. The number of nitrogens with zero attached hydrogens (tertiary/aromatic N) is 3. The number of ether oxygens (including phenoxy) is 1. The number of amides is 1. The summed E-state index contributed by atoms with van der Waals surface area (Å²) in [4.78, 5) is 22.9. The number of aromatic nitrogens is 2. The van der Waals surface area contributed by atoms with Crippen LogP contribution in [0.1, 0.15) is 33.6 Å². The van der Waals surface area contributed by atoms with Crippen molar-refractivity contribution in [1.29, 1.82) is 0 Å². The number of nitrogens with one attached hydrogen (secondary N) is 2. The second kappa shape index (κ2) is 7.76. The molecular formula is C19H26ClN5O2. The van der Waals surface area contributed by atoms with Gasteiger partial charge < -0.3 is 20.3 Å². The molecule has 0 radical (unpaired) electrons. The monoisotopic (exact) mass is 391 g/mol. The van der Waals surface area contributed by atoms with E-state index < -0.39 is 5.60 Å². The Morgan fingerprint density at radius 3 is 2.63 bits per heavy atom. The molecule has 0 aromatic carbocycles. The Morgan fingerprint density at radius 2 is 2.00 bits per heavy atom. The Kier molecular flexibility index (Phi) is 5.60. The normalized spacial score (nSPS) is 15.7. The van der Waals surface area contributed by atoms with Gasteiger partial charge in [0, 0.05) is 26.2 Å². The number of carbonyl (C=O) groups excluding carboxylic acids is 1. The third-order valence-corrected chi connectivity index (χ3v) is 4.65. The zero-order chi connectivity index (χ0) is 19.6. The Balaban J connectivity index is 1.72. The zero-order valence-electron chi connectivity index (χ0n) is 16.2. The van der Waals surface area contributed by atoms with Gasteiger partial charge in [0.15, 0.2) is 0 Å². The number of hydrogen-bond acceptors (Lipinski definition) is 6. The Labute approximate surface area is 164 Å². The maximum absolute atomic E-state index is 12.2. The molecule has 1 amide bonds. The summed E-state index contributed by atoms with van der Waals surface area (Å²) in [6.07, 6.45) is 3.19. The van der Waals surface area contributed by atoms with Crippen molar-refractivity contribution in [2.45, 2.75) is 45.3 Å². The van der Waals surface area contributed by atoms with Gasteiger partial charge in [-0.05, 0) is 45.7 Å². The number of carbonyl (C=O) groups is 1. The Hall–Kier alpha value is -2.28. The Bertz CT molecular complexity index is 829. The third-order valence-electron chi connectivity index (χ3n) is 4.44. The van der Waals surface area contributed by atoms with E-state index in [0.717, 1.165) is 35.2 Å². The van der Waals surface area contributed by atoms with Crippen LogP contribution in [0, 0.1) is 0 Å². The molecular weight excluding hydrogens is 366 g/mol. The number of hydrogen-bond donors (Lipinski definition) is 2. The van der Waals surface area contributed by atoms with Crippen molar-refractivity contribution < 1.29 is 9.53 Å². The quantitative estimate of drug-likeness (QED) is 0.765. The number of rotatable bonds is 3. The zero-order valence-corrected chi connectivity index (χ0v) is 16.9. The van der Waals surface area contributed by atoms with Crippen LogP contribution in [0.4, 0.5) is 16.2 Å². The number of pyridine rings is 2. The summed E-state index contributed by atoms with van der Waals surface area (Å²) in [5.41, 5.74) is 2.80. The minimum Gasteiger partial charge on any atom is -0.444 e. The fourth-order valence-electron chi connectivity index (χ4n) is 3.11. The molecule has 2 aromatic rings. The smallest absolute Gasteiger partial charge is 0.410 e. The second-order valence-electron chi connectivity index (χ2n) is 7.68. The van der Waals surface area contributed by atoms with Crippen LogP contribution >= 0.6 is 11.6 Å². The summed E-state index contributed by atoms with van der Waals surface area (Å²) in [6.45, 7) is 6.94. The minimum absolute atomic E-state index is 0.224. The van der Waals surface area contributed by atoms with Gasteiger partial charge in [-0.1, -0.05) is 11.6 Å². The molecule has 0 spiro atoms. The van der Waals surface area contributed by atoms with E-state index in [4.69, 9.17) is 16.3 Å². The first kappa shape index (κ1) is 19.5. The topological polar surface area (TPSA) is 79.4 Å². The van der Waals surface area contributed by atoms with Crippen molar-refractivity contribution >= 4 is 40.1 Å². The van der Waals surface area contributed by atoms with Crippen molar-refractivity contribution in [2.75, 3.05) is 30.8 Å². The predicted molar refractivity (Wildman–Crippen MR) is 109 cm³/mol. The first-order valence-electron chi connectivity index (χ1n) is 9.14. The van der Waals surface area contributed by atoms with Crippen LogP contribution in [0.3, 0.4) is 0 Å². The molecule has 1 fully saturated rings. The van der Waals surface area contributed by atoms with Crippen LogP contribution < -0.4 is 10.6 Å². The SMILES string of the molecule is CNc1cnc2ccc(Cl)nc2c1NC1CCN(C(=O)OC(C)(C)C)CC1. The maximum atomic E-state index is 12.2. The molecule has 2 N–H and O–H groups in total. The molecule has 0 bridgehead atoms. The van der Waals surface area contributed by atoms with Crippen LogP contribution in [-0.4, -0.2) is 52.7 Å². The van der Waals surface area contributed by atoms with E-state index in [-0.39, 0.29) is 12.1 Å². The summed E-state index contributed by atoms with van der Waals surface area (Å²) in [5, 5.41) is 7.16. The van der Waals surface area contributed by atoms with E-state index in [1.54, 1.807) is 17.2 Å². The van der Waals surface area contributed by atoms with Crippen molar-refractivity contribution in [3.8, 4) is 0 Å². The Morgan fingerprint density at radius 1 is 1.30 bits per heavy atom. The molecule has 0 atom stereocenters. The van der Waals surface area contributed by atoms with Crippen LogP contribution in [0.15, 0.2) is 18.3 Å². The van der Waals surface area contributed by atoms with Crippen LogP contribution in [0.2, 0.25) is 5.15 Å². The average molecular weight is 392 g/mol. The lowest BCUT2D eigenvalue weighted by atomic mass is 10.0. The summed E-state index contributed by atoms with van der Waals surface area (Å²) in [6, 6.07) is 3.82. The lowest BCUT2D eigenvalue weighted by molar-refractivity contribution is 0.0210. The number of fused-ring (bicyclic) bond motifs is 1. The highest BCUT2D eigenvalue weighted by atomic mass is 35.5. The summed E-state index contributed by atoms with van der Waals surface area (Å²) < 4.78 is 5.46. The molecule has 1 aliphatic heterocycles. The maximum Gasteiger partial charge on any atom is 0.410 e. The molecule has 7 nitrogen and oxygen atoms in total. The van der Waals surface area contributed by atoms with E-state index in [0.29, 0.717) is 18.2 Å². The van der Waals surface area contributed by atoms with Gasteiger partial charge >= 0.3 is 6.09 Å². The van der Waals surface area contributed by atoms with E-state index in [1.165, 1.54) is 0 Å². The number of halogens is 1. The number of piperidine rings is 1. The van der Waals surface area contributed by atoms with Gasteiger partial charge in [0.2, 0.25) is 0 Å². The van der Waals surface area contributed by atoms with Crippen molar-refractivity contribution in [3.05, 3.63) is 23.5 Å². The van der Waals surface area contributed by atoms with Gasteiger partial charge in [-0.25, -0.2) is 9.78 Å². The molecule has 2 aromatic heterocycles. The van der Waals surface area contributed by atoms with Crippen molar-refractivity contribution in [3.63, 3.8) is 0 Å². The largest absolute Gasteiger partial charge is 0.444 e. The van der Waals surface area contributed by atoms with Crippen LogP contribution in [0.5, 0.6) is 0 Å². The summed E-state index contributed by atoms with van der Waals surface area (Å²) >= 11 is 6.09. The molecule has 3 heterocycles. The molecule has 0 saturated carbocycles. The molecule has 146 valence electrons. The van der Waals surface area contributed by atoms with E-state index in [1.807, 2.05) is 33.9 Å². The fourth-order valence-corrected chi connectivity index (χ4v) is 3.26. The molecule has 3 rings (SSSR count). The first-order valence-corrected chi connectivity index (χ1v) is 9.52. The molecule has 1 aliphatic rings. The first-order chi connectivity index (χ1) is 12.8. The third kappa shape index (κ3) is 4.71. The minimum atomic E-state index is -0.477. The predicted octanol–water partition coefficient (Wildman–Crippen LogP) is 4.14. The number of anilines is 2. The summed E-state index contributed by atoms with van der Waals surface area (Å²) in [7, 11) is 1.85. The molecule has 1 saturated heterocycles. The highest BCUT2D eigenvalue weighted by Crippen LogP contribution is 2.31. The lowest BCUT2D eigenvalue weighted by Gasteiger charge is -2.34. The second-order valence-corrected chi connectivity index (χ2v) is 8.07. The highest BCUT2D eigenvalue weighted by Gasteiger charge is 2.27. The lowest BCUT2D eigenvalue weighted by Crippen LogP contribution is -2.44. The van der Waals surface area contributed by atoms with Gasteiger partial charge in [0.1, 0.15) is 16.3 Å². The summed E-state index contributed by atoms with van der Waals surface area (Å²) in [5.74, 6) is 0. The van der Waals surface area contributed by atoms with E-state index in [2.05, 4.69) is 20.6 Å². The van der Waals surface area contributed by atoms with Gasteiger partial charge in [-0.2, -0.15) is 0 Å². The highest BCUT2D eigenvalue weighted by molar-refractivity contribution is 6.29. The molecule has 8 heteroatoms. The van der Waals surface area contributed by atoms with E-state index in [9.17, 15) is 4.79 Å². The van der Waals surface area contributed by atoms with Crippen molar-refractivity contribution in [2.24, 2.45) is 0 Å². The van der Waals surface area contributed by atoms with Crippen molar-refractivity contribution in [1.82, 2.24) is 14.9 Å². The molecule has 0 unspecified atom stereocenters. The standard InChI is InChI=1S/C19H26ClN5O2/c1-19(2,3)27-18(26)25-9-7-12(8-10-25)23-17-14(21-4)11-22-13-5-6-15(20)24-16(13)17/h5-6,11-12,21H,7-10H2,1-4H3,(H,22,23). The van der Waals surface area contributed by atoms with Crippen LogP contribution in [0.25, 0.3) is 11.0 Å². The van der Waals surface area contributed by atoms with Crippen LogP contribution in [-0.2, 0) is 4.74 Å². The number of likely N-dealkylation sites (tertiary alicyclic amines) is 1.